The van der Waals surface area contributed by atoms with Crippen molar-refractivity contribution in [1.29, 1.82) is 0 Å². The van der Waals surface area contributed by atoms with Crippen LogP contribution in [0.4, 0.5) is 0 Å². The summed E-state index contributed by atoms with van der Waals surface area (Å²) >= 11 is 5.04. The summed E-state index contributed by atoms with van der Waals surface area (Å²) in [7, 11) is 0. The van der Waals surface area contributed by atoms with Crippen molar-refractivity contribution < 1.29 is 4.79 Å². The molecule has 1 aromatic rings. The van der Waals surface area contributed by atoms with Gasteiger partial charge in [0.2, 0.25) is 0 Å². The molecule has 1 amide bonds. The molecule has 2 rings (SSSR count). The number of aryl methyl sites for hydroxylation is 1. The lowest BCUT2D eigenvalue weighted by Gasteiger charge is -2.15. The summed E-state index contributed by atoms with van der Waals surface area (Å²) in [5.41, 5.74) is 6.28. The maximum absolute atomic E-state index is 11.8. The van der Waals surface area contributed by atoms with Crippen molar-refractivity contribution in [3.8, 4) is 0 Å². The van der Waals surface area contributed by atoms with Crippen molar-refractivity contribution in [2.45, 2.75) is 38.8 Å². The third-order valence-electron chi connectivity index (χ3n) is 2.72. The van der Waals surface area contributed by atoms with Crippen LogP contribution in [-0.2, 0) is 4.79 Å². The number of aromatic nitrogens is 2. The molecule has 1 atom stereocenters. The number of nitrogens with one attached hydrogen (secondary N) is 3. The van der Waals surface area contributed by atoms with Gasteiger partial charge in [-0.3, -0.25) is 20.3 Å². The Kier molecular flexibility index (Phi) is 3.81. The van der Waals surface area contributed by atoms with Crippen LogP contribution in [0.25, 0.3) is 0 Å². The number of hydrogen-bond donors (Lipinski definition) is 3. The SMILES string of the molecule is Cc1cnn([C@@H](C)C(=O)NNC(=S)NC2CC2)c1. The third kappa shape index (κ3) is 3.43. The Labute approximate surface area is 111 Å². The fourth-order valence-electron chi connectivity index (χ4n) is 1.44. The van der Waals surface area contributed by atoms with Gasteiger partial charge in [0.1, 0.15) is 6.04 Å². The summed E-state index contributed by atoms with van der Waals surface area (Å²) in [5.74, 6) is -0.182. The maximum Gasteiger partial charge on any atom is 0.262 e. The van der Waals surface area contributed by atoms with Crippen LogP contribution < -0.4 is 16.2 Å². The van der Waals surface area contributed by atoms with Crippen LogP contribution in [0.3, 0.4) is 0 Å². The topological polar surface area (TPSA) is 71.0 Å². The fourth-order valence-corrected chi connectivity index (χ4v) is 1.65. The van der Waals surface area contributed by atoms with Crippen LogP contribution in [-0.4, -0.2) is 26.8 Å². The van der Waals surface area contributed by atoms with Gasteiger partial charge in [-0.05, 0) is 44.5 Å². The van der Waals surface area contributed by atoms with Crippen molar-refractivity contribution in [2.75, 3.05) is 0 Å². The van der Waals surface area contributed by atoms with Crippen molar-refractivity contribution in [1.82, 2.24) is 25.9 Å². The van der Waals surface area contributed by atoms with Gasteiger partial charge >= 0.3 is 0 Å². The molecule has 3 N–H and O–H groups in total. The molecule has 0 spiro atoms. The highest BCUT2D eigenvalue weighted by atomic mass is 32.1. The lowest BCUT2D eigenvalue weighted by Crippen LogP contribution is -2.49. The molecule has 1 fully saturated rings. The number of hydrazine groups is 1. The number of hydrogen-bond acceptors (Lipinski definition) is 3. The van der Waals surface area contributed by atoms with E-state index in [1.807, 2.05) is 13.1 Å². The molecule has 1 aliphatic carbocycles. The van der Waals surface area contributed by atoms with Crippen molar-refractivity contribution >= 4 is 23.2 Å². The number of rotatable bonds is 3. The first-order valence-electron chi connectivity index (χ1n) is 5.93. The van der Waals surface area contributed by atoms with Crippen molar-refractivity contribution in [3.63, 3.8) is 0 Å². The molecule has 7 heteroatoms. The summed E-state index contributed by atoms with van der Waals surface area (Å²) in [4.78, 5) is 11.8. The standard InChI is InChI=1S/C11H17N5OS/c1-7-5-12-16(6-7)8(2)10(17)14-15-11(18)13-9-3-4-9/h5-6,8-9H,3-4H2,1-2H3,(H,14,17)(H2,13,15,18)/t8-/m0/s1. The van der Waals surface area contributed by atoms with E-state index in [1.54, 1.807) is 17.8 Å². The van der Waals surface area contributed by atoms with E-state index in [-0.39, 0.29) is 11.9 Å². The summed E-state index contributed by atoms with van der Waals surface area (Å²) in [6, 6.07) is 0.0861. The molecule has 1 aliphatic rings. The fraction of sp³-hybridized carbons (Fsp3) is 0.545. The van der Waals surface area contributed by atoms with Gasteiger partial charge in [0.25, 0.3) is 5.91 Å². The van der Waals surface area contributed by atoms with Crippen LogP contribution in [0.2, 0.25) is 0 Å². The van der Waals surface area contributed by atoms with E-state index in [0.717, 1.165) is 18.4 Å². The van der Waals surface area contributed by atoms with Crippen LogP contribution in [0.15, 0.2) is 12.4 Å². The van der Waals surface area contributed by atoms with Crippen LogP contribution in [0.1, 0.15) is 31.4 Å². The lowest BCUT2D eigenvalue weighted by molar-refractivity contribution is -0.124. The first-order valence-corrected chi connectivity index (χ1v) is 6.34. The second kappa shape index (κ2) is 5.34. The Morgan fingerprint density at radius 3 is 2.83 bits per heavy atom. The quantitative estimate of drug-likeness (QED) is 0.546. The first kappa shape index (κ1) is 12.8. The summed E-state index contributed by atoms with van der Waals surface area (Å²) in [5, 5.41) is 7.63. The van der Waals surface area contributed by atoms with E-state index in [4.69, 9.17) is 12.2 Å². The summed E-state index contributed by atoms with van der Waals surface area (Å²) < 4.78 is 1.61. The maximum atomic E-state index is 11.8. The predicted molar refractivity (Wildman–Crippen MR) is 71.7 cm³/mol. The van der Waals surface area contributed by atoms with Gasteiger partial charge in [0.15, 0.2) is 5.11 Å². The van der Waals surface area contributed by atoms with E-state index in [0.29, 0.717) is 11.2 Å². The number of nitrogens with zero attached hydrogens (tertiary/aromatic N) is 2. The van der Waals surface area contributed by atoms with E-state index >= 15 is 0 Å². The molecule has 0 bridgehead atoms. The van der Waals surface area contributed by atoms with E-state index in [1.165, 1.54) is 0 Å². The molecule has 6 nitrogen and oxygen atoms in total. The molecule has 1 saturated carbocycles. The zero-order valence-electron chi connectivity index (χ0n) is 10.4. The van der Waals surface area contributed by atoms with E-state index in [2.05, 4.69) is 21.3 Å². The lowest BCUT2D eigenvalue weighted by atomic mass is 10.3. The van der Waals surface area contributed by atoms with Crippen molar-refractivity contribution in [3.05, 3.63) is 18.0 Å². The molecular formula is C11H17N5OS. The Balaban J connectivity index is 1.78. The zero-order valence-corrected chi connectivity index (χ0v) is 11.3. The van der Waals surface area contributed by atoms with Gasteiger partial charge in [0, 0.05) is 12.2 Å². The van der Waals surface area contributed by atoms with Gasteiger partial charge in [-0.25, -0.2) is 0 Å². The normalized spacial score (nSPS) is 15.9. The largest absolute Gasteiger partial charge is 0.359 e. The minimum absolute atomic E-state index is 0.182. The highest BCUT2D eigenvalue weighted by Gasteiger charge is 2.22. The number of carbonyl (C=O) groups excluding carboxylic acids is 1. The minimum atomic E-state index is -0.380. The van der Waals surface area contributed by atoms with Gasteiger partial charge in [0.05, 0.1) is 6.20 Å². The smallest absolute Gasteiger partial charge is 0.262 e. The zero-order chi connectivity index (χ0) is 13.1. The highest BCUT2D eigenvalue weighted by molar-refractivity contribution is 7.80. The van der Waals surface area contributed by atoms with Crippen molar-refractivity contribution in [2.24, 2.45) is 0 Å². The monoisotopic (exact) mass is 267 g/mol. The number of thiocarbonyl (C=S) groups is 1. The number of amides is 1. The van der Waals surface area contributed by atoms with Gasteiger partial charge in [-0.2, -0.15) is 5.10 Å². The Morgan fingerprint density at radius 2 is 2.28 bits per heavy atom. The van der Waals surface area contributed by atoms with Crippen LogP contribution in [0.5, 0.6) is 0 Å². The molecule has 0 aromatic carbocycles. The second-order valence-electron chi connectivity index (χ2n) is 4.54. The average Bonchev–Trinajstić information content (AvgIpc) is 3.04. The Morgan fingerprint density at radius 1 is 1.56 bits per heavy atom. The summed E-state index contributed by atoms with van der Waals surface area (Å²) in [6.07, 6.45) is 5.82. The van der Waals surface area contributed by atoms with Gasteiger partial charge in [-0.1, -0.05) is 0 Å². The van der Waals surface area contributed by atoms with E-state index < -0.39 is 0 Å². The van der Waals surface area contributed by atoms with Gasteiger partial charge in [-0.15, -0.1) is 0 Å². The van der Waals surface area contributed by atoms with Crippen LogP contribution >= 0.6 is 12.2 Å². The third-order valence-corrected chi connectivity index (χ3v) is 2.94. The molecule has 1 heterocycles. The second-order valence-corrected chi connectivity index (χ2v) is 4.94. The molecule has 98 valence electrons. The molecule has 1 aromatic heterocycles. The Hall–Kier alpha value is -1.63. The minimum Gasteiger partial charge on any atom is -0.359 e. The van der Waals surface area contributed by atoms with E-state index in [9.17, 15) is 4.79 Å². The summed E-state index contributed by atoms with van der Waals surface area (Å²) in [6.45, 7) is 3.71. The highest BCUT2D eigenvalue weighted by Crippen LogP contribution is 2.18. The molecule has 0 saturated heterocycles. The van der Waals surface area contributed by atoms with Gasteiger partial charge < -0.3 is 5.32 Å². The molecule has 0 radical (unpaired) electrons. The molecule has 0 unspecified atom stereocenters. The average molecular weight is 267 g/mol. The molecular weight excluding hydrogens is 250 g/mol. The molecule has 0 aliphatic heterocycles. The Bertz CT molecular complexity index is 454. The number of carbonyl (C=O) groups is 1. The predicted octanol–water partition coefficient (Wildman–Crippen LogP) is 0.410. The van der Waals surface area contributed by atoms with Crippen LogP contribution in [0, 0.1) is 6.92 Å². The first-order chi connectivity index (χ1) is 8.56. The molecule has 18 heavy (non-hydrogen) atoms.